The minimum Gasteiger partial charge on any atom is -0.452 e. The van der Waals surface area contributed by atoms with Crippen LogP contribution in [0.4, 0.5) is 0 Å². The minimum atomic E-state index is -0.660. The number of carbonyl (C=O) groups is 2. The fraction of sp³-hybridized carbons (Fsp3) is 0.0435. The molecule has 0 saturated heterocycles. The Morgan fingerprint density at radius 2 is 1.50 bits per heavy atom. The van der Waals surface area contributed by atoms with Gasteiger partial charge >= 0.3 is 5.97 Å². The van der Waals surface area contributed by atoms with Crippen LogP contribution in [-0.4, -0.2) is 21.9 Å². The van der Waals surface area contributed by atoms with Crippen LogP contribution in [0.25, 0.3) is 11.5 Å². The van der Waals surface area contributed by atoms with E-state index >= 15 is 0 Å². The number of ether oxygens (including phenoxy) is 1. The van der Waals surface area contributed by atoms with E-state index in [0.29, 0.717) is 16.5 Å². The molecule has 0 unspecified atom stereocenters. The van der Waals surface area contributed by atoms with Crippen LogP contribution in [0, 0.1) is 0 Å². The van der Waals surface area contributed by atoms with Crippen LogP contribution >= 0.6 is 11.6 Å². The second-order valence-electron chi connectivity index (χ2n) is 6.32. The Kier molecular flexibility index (Phi) is 5.68. The van der Waals surface area contributed by atoms with E-state index in [9.17, 15) is 9.59 Å². The summed E-state index contributed by atoms with van der Waals surface area (Å²) in [6.45, 7) is -0.206. The van der Waals surface area contributed by atoms with Gasteiger partial charge in [0.25, 0.3) is 5.89 Å². The first-order valence-electron chi connectivity index (χ1n) is 9.06. The second kappa shape index (κ2) is 8.71. The summed E-state index contributed by atoms with van der Waals surface area (Å²) in [5.74, 6) is -0.473. The van der Waals surface area contributed by atoms with Crippen molar-refractivity contribution in [2.45, 2.75) is 6.61 Å². The number of nitrogens with zero attached hydrogens (tertiary/aromatic N) is 2. The number of hydrogen-bond acceptors (Lipinski definition) is 6. The van der Waals surface area contributed by atoms with Gasteiger partial charge in [0, 0.05) is 21.7 Å². The van der Waals surface area contributed by atoms with Gasteiger partial charge in [-0.3, -0.25) is 4.79 Å². The smallest absolute Gasteiger partial charge is 0.339 e. The zero-order chi connectivity index (χ0) is 20.9. The summed E-state index contributed by atoms with van der Waals surface area (Å²) >= 11 is 5.88. The van der Waals surface area contributed by atoms with Crippen molar-refractivity contribution in [2.24, 2.45) is 0 Å². The van der Waals surface area contributed by atoms with Crippen LogP contribution in [0.5, 0.6) is 0 Å². The molecule has 0 aliphatic rings. The highest BCUT2D eigenvalue weighted by Crippen LogP contribution is 2.20. The molecule has 0 aliphatic heterocycles. The highest BCUT2D eigenvalue weighted by atomic mass is 35.5. The molecule has 1 heterocycles. The van der Waals surface area contributed by atoms with Gasteiger partial charge in [-0.25, -0.2) is 4.79 Å². The molecule has 0 bridgehead atoms. The summed E-state index contributed by atoms with van der Waals surface area (Å²) < 4.78 is 10.8. The topological polar surface area (TPSA) is 82.3 Å². The molecular formula is C23H15ClN2O4. The second-order valence-corrected chi connectivity index (χ2v) is 6.76. The maximum Gasteiger partial charge on any atom is 0.339 e. The quantitative estimate of drug-likeness (QED) is 0.324. The van der Waals surface area contributed by atoms with Gasteiger partial charge in [0.2, 0.25) is 5.89 Å². The number of halogens is 1. The van der Waals surface area contributed by atoms with Gasteiger partial charge in [-0.15, -0.1) is 10.2 Å². The third kappa shape index (κ3) is 4.29. The van der Waals surface area contributed by atoms with Gasteiger partial charge in [0.1, 0.15) is 0 Å². The molecule has 0 atom stereocenters. The normalized spacial score (nSPS) is 10.6. The molecule has 0 N–H and O–H groups in total. The largest absolute Gasteiger partial charge is 0.452 e. The van der Waals surface area contributed by atoms with Gasteiger partial charge in [-0.1, -0.05) is 48.0 Å². The van der Waals surface area contributed by atoms with Crippen LogP contribution < -0.4 is 0 Å². The Morgan fingerprint density at radius 1 is 0.833 bits per heavy atom. The molecule has 0 amide bonds. The van der Waals surface area contributed by atoms with Crippen molar-refractivity contribution in [1.82, 2.24) is 10.2 Å². The Balaban J connectivity index is 1.49. The van der Waals surface area contributed by atoms with Gasteiger partial charge in [0.05, 0.1) is 5.56 Å². The molecule has 0 fully saturated rings. The van der Waals surface area contributed by atoms with Crippen molar-refractivity contribution < 1.29 is 18.7 Å². The Bertz CT molecular complexity index is 1190. The molecule has 6 nitrogen and oxygen atoms in total. The summed E-state index contributed by atoms with van der Waals surface area (Å²) in [6.07, 6.45) is 0. The lowest BCUT2D eigenvalue weighted by Gasteiger charge is -2.08. The fourth-order valence-corrected chi connectivity index (χ4v) is 2.96. The molecule has 148 valence electrons. The first kappa shape index (κ1) is 19.5. The van der Waals surface area contributed by atoms with Gasteiger partial charge < -0.3 is 9.15 Å². The lowest BCUT2D eigenvalue weighted by molar-refractivity contribution is 0.0436. The number of rotatable bonds is 6. The number of hydrogen-bond donors (Lipinski definition) is 0. The SMILES string of the molecule is O=C(OCc1nnc(-c2ccccc2)o1)c1ccccc1C(=O)c1ccc(Cl)cc1. The lowest BCUT2D eigenvalue weighted by atomic mass is 9.98. The average Bonchev–Trinajstić information content (AvgIpc) is 3.27. The van der Waals surface area contributed by atoms with E-state index in [2.05, 4.69) is 10.2 Å². The minimum absolute atomic E-state index is 0.153. The maximum atomic E-state index is 12.8. The zero-order valence-electron chi connectivity index (χ0n) is 15.6. The predicted molar refractivity (Wildman–Crippen MR) is 110 cm³/mol. The number of aromatic nitrogens is 2. The number of carbonyl (C=O) groups excluding carboxylic acids is 2. The Hall–Kier alpha value is -3.77. The van der Waals surface area contributed by atoms with Crippen LogP contribution in [0.15, 0.2) is 83.3 Å². The predicted octanol–water partition coefficient (Wildman–Crippen LogP) is 4.98. The van der Waals surface area contributed by atoms with Crippen molar-refractivity contribution >= 4 is 23.4 Å². The summed E-state index contributed by atoms with van der Waals surface area (Å²) in [7, 11) is 0. The first-order valence-corrected chi connectivity index (χ1v) is 9.44. The summed E-state index contributed by atoms with van der Waals surface area (Å²) in [6, 6.07) is 22.2. The molecule has 7 heteroatoms. The molecule has 1 aromatic heterocycles. The average molecular weight is 419 g/mol. The summed E-state index contributed by atoms with van der Waals surface area (Å²) in [4.78, 5) is 25.4. The third-order valence-electron chi connectivity index (χ3n) is 4.31. The number of esters is 1. The molecule has 30 heavy (non-hydrogen) atoms. The van der Waals surface area contributed by atoms with Crippen LogP contribution in [-0.2, 0) is 11.3 Å². The standard InChI is InChI=1S/C23H15ClN2O4/c24-17-12-10-15(11-13-17)21(27)18-8-4-5-9-19(18)23(28)29-14-20-25-26-22(30-20)16-6-2-1-3-7-16/h1-13H,14H2. The van der Waals surface area contributed by atoms with E-state index in [1.54, 1.807) is 42.5 Å². The number of benzene rings is 3. The van der Waals surface area contributed by atoms with E-state index in [0.717, 1.165) is 5.56 Å². The summed E-state index contributed by atoms with van der Waals surface area (Å²) in [5, 5.41) is 8.38. The molecule has 3 aromatic carbocycles. The first-order chi connectivity index (χ1) is 14.6. The monoisotopic (exact) mass is 418 g/mol. The van der Waals surface area contributed by atoms with Crippen molar-refractivity contribution in [1.29, 1.82) is 0 Å². The highest BCUT2D eigenvalue weighted by Gasteiger charge is 2.20. The van der Waals surface area contributed by atoms with E-state index in [-0.39, 0.29) is 29.4 Å². The molecule has 0 aliphatic carbocycles. The van der Waals surface area contributed by atoms with Gasteiger partial charge in [-0.2, -0.15) is 0 Å². The highest BCUT2D eigenvalue weighted by molar-refractivity contribution is 6.30. The van der Waals surface area contributed by atoms with Crippen LogP contribution in [0.2, 0.25) is 5.02 Å². The summed E-state index contributed by atoms with van der Waals surface area (Å²) in [5.41, 5.74) is 1.58. The fourth-order valence-electron chi connectivity index (χ4n) is 2.83. The molecule has 0 saturated carbocycles. The van der Waals surface area contributed by atoms with E-state index in [1.165, 1.54) is 6.07 Å². The molecule has 0 spiro atoms. The molecule has 4 aromatic rings. The zero-order valence-corrected chi connectivity index (χ0v) is 16.4. The number of ketones is 1. The van der Waals surface area contributed by atoms with Crippen molar-refractivity contribution in [2.75, 3.05) is 0 Å². The molecular weight excluding hydrogens is 404 g/mol. The molecule has 4 rings (SSSR count). The lowest BCUT2D eigenvalue weighted by Crippen LogP contribution is -2.12. The van der Waals surface area contributed by atoms with Gasteiger partial charge in [-0.05, 0) is 42.5 Å². The van der Waals surface area contributed by atoms with Crippen molar-refractivity contribution in [3.8, 4) is 11.5 Å². The Morgan fingerprint density at radius 3 is 2.23 bits per heavy atom. The van der Waals surface area contributed by atoms with Crippen molar-refractivity contribution in [3.63, 3.8) is 0 Å². The van der Waals surface area contributed by atoms with Crippen molar-refractivity contribution in [3.05, 3.63) is 106 Å². The van der Waals surface area contributed by atoms with E-state index in [4.69, 9.17) is 20.8 Å². The van der Waals surface area contributed by atoms with Crippen LogP contribution in [0.3, 0.4) is 0 Å². The van der Waals surface area contributed by atoms with E-state index < -0.39 is 5.97 Å². The van der Waals surface area contributed by atoms with E-state index in [1.807, 2.05) is 30.3 Å². The molecule has 0 radical (unpaired) electrons. The van der Waals surface area contributed by atoms with Gasteiger partial charge in [0.15, 0.2) is 12.4 Å². The Labute approximate surface area is 177 Å². The third-order valence-corrected chi connectivity index (χ3v) is 4.56. The maximum absolute atomic E-state index is 12.8. The van der Waals surface area contributed by atoms with Crippen LogP contribution in [0.1, 0.15) is 32.2 Å².